The predicted octanol–water partition coefficient (Wildman–Crippen LogP) is 2.43. The lowest BCUT2D eigenvalue weighted by atomic mass is 9.95. The number of carbonyl (C=O) groups is 1. The number of likely N-dealkylation sites (tertiary alicyclic amines) is 1. The van der Waals surface area contributed by atoms with Gasteiger partial charge in [-0.2, -0.15) is 0 Å². The first-order valence-electron chi connectivity index (χ1n) is 7.34. The highest BCUT2D eigenvalue weighted by Crippen LogP contribution is 2.22. The molecule has 0 bridgehead atoms. The van der Waals surface area contributed by atoms with E-state index in [1.165, 1.54) is 18.2 Å². The third-order valence-corrected chi connectivity index (χ3v) is 3.89. The van der Waals surface area contributed by atoms with E-state index in [2.05, 4.69) is 18.8 Å². The van der Waals surface area contributed by atoms with Gasteiger partial charge in [-0.1, -0.05) is 25.2 Å². The van der Waals surface area contributed by atoms with Crippen molar-refractivity contribution in [1.82, 2.24) is 4.90 Å². The molecule has 1 fully saturated rings. The first-order valence-corrected chi connectivity index (χ1v) is 7.34. The Bertz CT molecular complexity index is 574. The maximum Gasteiger partial charge on any atom is 0.256 e. The lowest BCUT2D eigenvalue weighted by molar-refractivity contribution is 0.0666. The Morgan fingerprint density at radius 1 is 1.52 bits per heavy atom. The van der Waals surface area contributed by atoms with E-state index in [1.807, 2.05) is 0 Å². The second-order valence-electron chi connectivity index (χ2n) is 5.32. The normalized spacial score (nSPS) is 18.0. The fourth-order valence-electron chi connectivity index (χ4n) is 2.66. The number of piperidine rings is 1. The number of benzene rings is 1. The SMILES string of the molecule is CCC1CCCN(C(=O)c2cc(C#CCO)ccc2F)C1. The van der Waals surface area contributed by atoms with E-state index >= 15 is 0 Å². The number of hydrogen-bond acceptors (Lipinski definition) is 2. The van der Waals surface area contributed by atoms with E-state index in [-0.39, 0.29) is 18.1 Å². The van der Waals surface area contributed by atoms with E-state index in [0.29, 0.717) is 24.6 Å². The summed E-state index contributed by atoms with van der Waals surface area (Å²) in [6.45, 7) is 3.23. The molecule has 1 aromatic carbocycles. The molecule has 2 rings (SSSR count). The summed E-state index contributed by atoms with van der Waals surface area (Å²) in [6.07, 6.45) is 3.13. The summed E-state index contributed by atoms with van der Waals surface area (Å²) in [4.78, 5) is 14.2. The highest BCUT2D eigenvalue weighted by molar-refractivity contribution is 5.95. The molecule has 1 unspecified atom stereocenters. The molecule has 4 heteroatoms. The molecule has 21 heavy (non-hydrogen) atoms. The number of halogens is 1. The number of hydrogen-bond donors (Lipinski definition) is 1. The van der Waals surface area contributed by atoms with Crippen molar-refractivity contribution in [3.63, 3.8) is 0 Å². The van der Waals surface area contributed by atoms with Crippen LogP contribution in [0, 0.1) is 23.6 Å². The average Bonchev–Trinajstić information content (AvgIpc) is 2.53. The van der Waals surface area contributed by atoms with Crippen LogP contribution in [0.2, 0.25) is 0 Å². The van der Waals surface area contributed by atoms with Crippen molar-refractivity contribution < 1.29 is 14.3 Å². The maximum atomic E-state index is 13.9. The topological polar surface area (TPSA) is 40.5 Å². The van der Waals surface area contributed by atoms with E-state index < -0.39 is 5.82 Å². The molecule has 3 nitrogen and oxygen atoms in total. The van der Waals surface area contributed by atoms with E-state index in [9.17, 15) is 9.18 Å². The van der Waals surface area contributed by atoms with Crippen LogP contribution in [-0.2, 0) is 0 Å². The van der Waals surface area contributed by atoms with Crippen molar-refractivity contribution >= 4 is 5.91 Å². The molecule has 0 aromatic heterocycles. The number of aliphatic hydroxyl groups is 1. The quantitative estimate of drug-likeness (QED) is 0.850. The zero-order chi connectivity index (χ0) is 15.2. The van der Waals surface area contributed by atoms with Crippen LogP contribution >= 0.6 is 0 Å². The first kappa shape index (κ1) is 15.5. The molecular formula is C17H20FNO2. The number of carbonyl (C=O) groups excluding carboxylic acids is 1. The molecule has 1 atom stereocenters. The zero-order valence-electron chi connectivity index (χ0n) is 12.2. The van der Waals surface area contributed by atoms with Crippen LogP contribution in [0.5, 0.6) is 0 Å². The molecule has 1 N–H and O–H groups in total. The monoisotopic (exact) mass is 289 g/mol. The standard InChI is InChI=1S/C17H20FNO2/c1-2-13-5-3-9-19(12-13)17(21)15-11-14(6-4-10-20)7-8-16(15)18/h7-8,11,13,20H,2-3,5,9-10,12H2,1H3. The van der Waals surface area contributed by atoms with Crippen LogP contribution in [0.25, 0.3) is 0 Å². The highest BCUT2D eigenvalue weighted by atomic mass is 19.1. The summed E-state index contributed by atoms with van der Waals surface area (Å²) in [6, 6.07) is 4.24. The van der Waals surface area contributed by atoms with Gasteiger partial charge in [0.1, 0.15) is 12.4 Å². The summed E-state index contributed by atoms with van der Waals surface area (Å²) in [7, 11) is 0. The van der Waals surface area contributed by atoms with Crippen LogP contribution in [0.1, 0.15) is 42.1 Å². The van der Waals surface area contributed by atoms with Crippen LogP contribution in [-0.4, -0.2) is 35.6 Å². The second-order valence-corrected chi connectivity index (χ2v) is 5.32. The largest absolute Gasteiger partial charge is 0.384 e. The number of amides is 1. The minimum atomic E-state index is -0.520. The average molecular weight is 289 g/mol. The van der Waals surface area contributed by atoms with Crippen molar-refractivity contribution in [1.29, 1.82) is 0 Å². The minimum absolute atomic E-state index is 0.0662. The van der Waals surface area contributed by atoms with Crippen LogP contribution in [0.4, 0.5) is 4.39 Å². The number of aliphatic hydroxyl groups excluding tert-OH is 1. The Labute approximate surface area is 124 Å². The predicted molar refractivity (Wildman–Crippen MR) is 79.3 cm³/mol. The molecule has 0 spiro atoms. The molecule has 1 heterocycles. The molecule has 1 aromatic rings. The van der Waals surface area contributed by atoms with Gasteiger partial charge in [0.2, 0.25) is 0 Å². The van der Waals surface area contributed by atoms with Gasteiger partial charge in [-0.05, 0) is 37.0 Å². The Kier molecular flexibility index (Phi) is 5.35. The summed E-state index contributed by atoms with van der Waals surface area (Å²) in [5.41, 5.74) is 0.606. The molecule has 1 saturated heterocycles. The van der Waals surface area contributed by atoms with E-state index in [4.69, 9.17) is 5.11 Å². The highest BCUT2D eigenvalue weighted by Gasteiger charge is 2.25. The van der Waals surface area contributed by atoms with Gasteiger partial charge in [0, 0.05) is 18.7 Å². The van der Waals surface area contributed by atoms with Crippen molar-refractivity contribution in [3.8, 4) is 11.8 Å². The van der Waals surface area contributed by atoms with Crippen LogP contribution in [0.3, 0.4) is 0 Å². The van der Waals surface area contributed by atoms with Gasteiger partial charge in [-0.3, -0.25) is 4.79 Å². The molecule has 1 amide bonds. The van der Waals surface area contributed by atoms with Gasteiger partial charge in [0.25, 0.3) is 5.91 Å². The Balaban J connectivity index is 2.21. The molecule has 0 saturated carbocycles. The maximum absolute atomic E-state index is 13.9. The molecule has 112 valence electrons. The van der Waals surface area contributed by atoms with Gasteiger partial charge in [0.05, 0.1) is 5.56 Å². The smallest absolute Gasteiger partial charge is 0.256 e. The number of nitrogens with zero attached hydrogens (tertiary/aromatic N) is 1. The van der Waals surface area contributed by atoms with Crippen molar-refractivity contribution in [2.75, 3.05) is 19.7 Å². The van der Waals surface area contributed by atoms with Gasteiger partial charge in [0.15, 0.2) is 0 Å². The van der Waals surface area contributed by atoms with Gasteiger partial charge >= 0.3 is 0 Å². The summed E-state index contributed by atoms with van der Waals surface area (Å²) in [5, 5.41) is 8.70. The lowest BCUT2D eigenvalue weighted by Crippen LogP contribution is -2.40. The third-order valence-electron chi connectivity index (χ3n) is 3.89. The molecule has 0 radical (unpaired) electrons. The second kappa shape index (κ2) is 7.24. The van der Waals surface area contributed by atoms with E-state index in [1.54, 1.807) is 4.90 Å². The van der Waals surface area contributed by atoms with Gasteiger partial charge in [-0.25, -0.2) is 4.39 Å². The lowest BCUT2D eigenvalue weighted by Gasteiger charge is -2.32. The Hall–Kier alpha value is -1.86. The minimum Gasteiger partial charge on any atom is -0.384 e. The molecule has 1 aliphatic rings. The molecule has 1 aliphatic heterocycles. The van der Waals surface area contributed by atoms with Crippen molar-refractivity contribution in [3.05, 3.63) is 35.1 Å². The summed E-state index contributed by atoms with van der Waals surface area (Å²) in [5.74, 6) is 4.92. The number of rotatable bonds is 2. The molecule has 0 aliphatic carbocycles. The third kappa shape index (κ3) is 3.83. The fourth-order valence-corrected chi connectivity index (χ4v) is 2.66. The molecular weight excluding hydrogens is 269 g/mol. The van der Waals surface area contributed by atoms with Crippen molar-refractivity contribution in [2.45, 2.75) is 26.2 Å². The van der Waals surface area contributed by atoms with Gasteiger partial charge in [-0.15, -0.1) is 0 Å². The summed E-state index contributed by atoms with van der Waals surface area (Å²) >= 11 is 0. The summed E-state index contributed by atoms with van der Waals surface area (Å²) < 4.78 is 13.9. The van der Waals surface area contributed by atoms with Crippen LogP contribution < -0.4 is 0 Å². The van der Waals surface area contributed by atoms with Crippen molar-refractivity contribution in [2.24, 2.45) is 5.92 Å². The van der Waals surface area contributed by atoms with E-state index in [0.717, 1.165) is 19.3 Å². The van der Waals surface area contributed by atoms with Gasteiger partial charge < -0.3 is 10.0 Å². The zero-order valence-corrected chi connectivity index (χ0v) is 12.2. The Morgan fingerprint density at radius 2 is 2.33 bits per heavy atom. The first-order chi connectivity index (χ1) is 10.2. The Morgan fingerprint density at radius 3 is 3.05 bits per heavy atom. The van der Waals surface area contributed by atoms with Crippen LogP contribution in [0.15, 0.2) is 18.2 Å². The fraction of sp³-hybridized carbons (Fsp3) is 0.471.